The second-order valence-corrected chi connectivity index (χ2v) is 3.40. The van der Waals surface area contributed by atoms with Crippen LogP contribution in [0.1, 0.15) is 0 Å². The molecule has 0 fully saturated rings. The summed E-state index contributed by atoms with van der Waals surface area (Å²) in [6.45, 7) is 0.375. The molecular formula is C5H6BrNO2S. The number of nitrogens with zero attached hydrogens (tertiary/aromatic N) is 1. The monoisotopic (exact) mass is 223 g/mol. The Morgan fingerprint density at radius 3 is 2.60 bits per heavy atom. The Bertz CT molecular complexity index is 166. The fraction of sp³-hybridized carbons (Fsp3) is 0.200. The SMILES string of the molecule is Brc1cncs1.COC=O. The summed E-state index contributed by atoms with van der Waals surface area (Å²) in [5.74, 6) is 0. The molecule has 1 rings (SSSR count). The molecule has 0 aliphatic rings. The van der Waals surface area contributed by atoms with E-state index in [9.17, 15) is 0 Å². The summed E-state index contributed by atoms with van der Waals surface area (Å²) in [7, 11) is 1.31. The first-order valence-electron chi connectivity index (χ1n) is 2.31. The first-order chi connectivity index (χ1) is 4.81. The minimum Gasteiger partial charge on any atom is -0.471 e. The van der Waals surface area contributed by atoms with E-state index in [0.717, 1.165) is 3.79 Å². The number of hydrogen-bond donors (Lipinski definition) is 0. The van der Waals surface area contributed by atoms with Gasteiger partial charge in [-0.15, -0.1) is 11.3 Å². The van der Waals surface area contributed by atoms with Crippen LogP contribution in [0.5, 0.6) is 0 Å². The van der Waals surface area contributed by atoms with Gasteiger partial charge in [0, 0.05) is 0 Å². The molecule has 0 amide bonds. The van der Waals surface area contributed by atoms with E-state index in [-0.39, 0.29) is 0 Å². The van der Waals surface area contributed by atoms with E-state index in [2.05, 4.69) is 25.7 Å². The van der Waals surface area contributed by atoms with E-state index >= 15 is 0 Å². The summed E-state index contributed by atoms with van der Waals surface area (Å²) in [6, 6.07) is 0. The van der Waals surface area contributed by atoms with Crippen LogP contribution in [0.25, 0.3) is 0 Å². The number of carbonyl (C=O) groups is 1. The van der Waals surface area contributed by atoms with Crippen molar-refractivity contribution < 1.29 is 9.53 Å². The van der Waals surface area contributed by atoms with Gasteiger partial charge in [-0.25, -0.2) is 0 Å². The third-order valence-corrected chi connectivity index (χ3v) is 1.82. The van der Waals surface area contributed by atoms with Crippen LogP contribution in [0.15, 0.2) is 15.5 Å². The fourth-order valence-corrected chi connectivity index (χ4v) is 0.913. The summed E-state index contributed by atoms with van der Waals surface area (Å²) < 4.78 is 4.95. The van der Waals surface area contributed by atoms with Crippen molar-refractivity contribution in [3.8, 4) is 0 Å². The van der Waals surface area contributed by atoms with E-state index in [1.807, 2.05) is 0 Å². The number of rotatable bonds is 1. The van der Waals surface area contributed by atoms with Crippen molar-refractivity contribution in [2.24, 2.45) is 0 Å². The lowest BCUT2D eigenvalue weighted by Gasteiger charge is -1.67. The van der Waals surface area contributed by atoms with Crippen molar-refractivity contribution in [2.75, 3.05) is 7.11 Å². The molecule has 0 aromatic carbocycles. The molecule has 0 radical (unpaired) electrons. The molecule has 1 aromatic rings. The van der Waals surface area contributed by atoms with Crippen molar-refractivity contribution in [3.05, 3.63) is 15.5 Å². The van der Waals surface area contributed by atoms with Gasteiger partial charge < -0.3 is 4.74 Å². The maximum Gasteiger partial charge on any atom is 0.292 e. The minimum absolute atomic E-state index is 0.375. The van der Waals surface area contributed by atoms with Crippen LogP contribution in [0, 0.1) is 0 Å². The molecule has 0 N–H and O–H groups in total. The molecule has 5 heteroatoms. The predicted molar refractivity (Wildman–Crippen MR) is 42.9 cm³/mol. The molecule has 10 heavy (non-hydrogen) atoms. The smallest absolute Gasteiger partial charge is 0.292 e. The molecule has 0 saturated carbocycles. The Morgan fingerprint density at radius 2 is 2.50 bits per heavy atom. The van der Waals surface area contributed by atoms with Crippen molar-refractivity contribution in [2.45, 2.75) is 0 Å². The number of methoxy groups -OCH3 is 1. The van der Waals surface area contributed by atoms with Gasteiger partial charge in [0.1, 0.15) is 0 Å². The fourth-order valence-electron chi connectivity index (χ4n) is 0.200. The van der Waals surface area contributed by atoms with Gasteiger partial charge in [-0.1, -0.05) is 0 Å². The summed E-state index contributed by atoms with van der Waals surface area (Å²) in [6.07, 6.45) is 1.77. The molecule has 0 aliphatic carbocycles. The van der Waals surface area contributed by atoms with Gasteiger partial charge >= 0.3 is 0 Å². The van der Waals surface area contributed by atoms with E-state index in [4.69, 9.17) is 4.79 Å². The zero-order chi connectivity index (χ0) is 7.82. The van der Waals surface area contributed by atoms with Crippen LogP contribution >= 0.6 is 27.3 Å². The summed E-state index contributed by atoms with van der Waals surface area (Å²) in [5.41, 5.74) is 1.78. The number of hydrogen-bond acceptors (Lipinski definition) is 4. The van der Waals surface area contributed by atoms with Crippen molar-refractivity contribution in [1.29, 1.82) is 0 Å². The van der Waals surface area contributed by atoms with Crippen LogP contribution in [0.2, 0.25) is 0 Å². The Morgan fingerprint density at radius 1 is 1.90 bits per heavy atom. The van der Waals surface area contributed by atoms with Gasteiger partial charge in [0.05, 0.1) is 22.6 Å². The third-order valence-electron chi connectivity index (χ3n) is 0.498. The van der Waals surface area contributed by atoms with E-state index < -0.39 is 0 Å². The molecule has 0 unspecified atom stereocenters. The molecule has 0 saturated heterocycles. The molecule has 56 valence electrons. The average molecular weight is 224 g/mol. The van der Waals surface area contributed by atoms with Crippen molar-refractivity contribution in [3.63, 3.8) is 0 Å². The van der Waals surface area contributed by atoms with Crippen LogP contribution in [0.3, 0.4) is 0 Å². The van der Waals surface area contributed by atoms with Crippen LogP contribution < -0.4 is 0 Å². The first kappa shape index (κ1) is 9.58. The lowest BCUT2D eigenvalue weighted by molar-refractivity contribution is -0.126. The number of carbonyl (C=O) groups excluding carboxylic acids is 1. The highest BCUT2D eigenvalue weighted by Crippen LogP contribution is 2.12. The van der Waals surface area contributed by atoms with E-state index in [0.29, 0.717) is 6.47 Å². The molecule has 0 bridgehead atoms. The first-order valence-corrected chi connectivity index (χ1v) is 3.99. The van der Waals surface area contributed by atoms with E-state index in [1.165, 1.54) is 7.11 Å². The zero-order valence-electron chi connectivity index (χ0n) is 5.28. The molecule has 3 nitrogen and oxygen atoms in total. The number of thiazole rings is 1. The summed E-state index contributed by atoms with van der Waals surface area (Å²) in [5, 5.41) is 0. The van der Waals surface area contributed by atoms with Crippen LogP contribution in [-0.4, -0.2) is 18.6 Å². The largest absolute Gasteiger partial charge is 0.471 e. The van der Waals surface area contributed by atoms with Crippen molar-refractivity contribution >= 4 is 33.7 Å². The third kappa shape index (κ3) is 5.71. The van der Waals surface area contributed by atoms with Gasteiger partial charge in [0.15, 0.2) is 0 Å². The maximum absolute atomic E-state index is 8.95. The normalized spacial score (nSPS) is 7.40. The Kier molecular flexibility index (Phi) is 6.42. The van der Waals surface area contributed by atoms with Crippen LogP contribution in [-0.2, 0) is 9.53 Å². The second-order valence-electron chi connectivity index (χ2n) is 1.14. The van der Waals surface area contributed by atoms with Crippen molar-refractivity contribution in [1.82, 2.24) is 4.98 Å². The molecule has 0 spiro atoms. The number of halogens is 1. The molecule has 0 atom stereocenters. The highest BCUT2D eigenvalue weighted by atomic mass is 79.9. The Labute approximate surface area is 71.2 Å². The van der Waals surface area contributed by atoms with Gasteiger partial charge in [-0.3, -0.25) is 9.78 Å². The lowest BCUT2D eigenvalue weighted by atomic mass is 11.0. The average Bonchev–Trinajstić information content (AvgIpc) is 2.40. The Balaban J connectivity index is 0.000000180. The Hall–Kier alpha value is -0.420. The van der Waals surface area contributed by atoms with Gasteiger partial charge in [-0.2, -0.15) is 0 Å². The molecule has 0 aliphatic heterocycles. The maximum atomic E-state index is 8.95. The molecule has 1 aromatic heterocycles. The topological polar surface area (TPSA) is 39.2 Å². The van der Waals surface area contributed by atoms with Gasteiger partial charge in [0.2, 0.25) is 0 Å². The van der Waals surface area contributed by atoms with Gasteiger partial charge in [-0.05, 0) is 15.9 Å². The quantitative estimate of drug-likeness (QED) is 0.681. The van der Waals surface area contributed by atoms with E-state index in [1.54, 1.807) is 23.0 Å². The van der Waals surface area contributed by atoms with Gasteiger partial charge in [0.25, 0.3) is 6.47 Å². The number of ether oxygens (including phenoxy) is 1. The summed E-state index contributed by atoms with van der Waals surface area (Å²) >= 11 is 4.82. The summed E-state index contributed by atoms with van der Waals surface area (Å²) in [4.78, 5) is 12.7. The zero-order valence-corrected chi connectivity index (χ0v) is 7.68. The second kappa shape index (κ2) is 6.70. The van der Waals surface area contributed by atoms with Crippen LogP contribution in [0.4, 0.5) is 0 Å². The standard InChI is InChI=1S/C3H2BrNS.C2H4O2/c4-3-1-5-2-6-3;1-4-2-3/h1-2H;2H,1H3. The highest BCUT2D eigenvalue weighted by molar-refractivity contribution is 9.11. The highest BCUT2D eigenvalue weighted by Gasteiger charge is 1.78. The lowest BCUT2D eigenvalue weighted by Crippen LogP contribution is -1.68. The molecule has 1 heterocycles. The predicted octanol–water partition coefficient (Wildman–Crippen LogP) is 1.69. The molecular weight excluding hydrogens is 218 g/mol. The minimum atomic E-state index is 0.375. The number of aromatic nitrogens is 1.